The van der Waals surface area contributed by atoms with E-state index in [4.69, 9.17) is 4.74 Å². The highest BCUT2D eigenvalue weighted by atomic mass is 32.1. The van der Waals surface area contributed by atoms with Crippen molar-refractivity contribution in [3.05, 3.63) is 51.0 Å². The Morgan fingerprint density at radius 3 is 2.37 bits per heavy atom. The van der Waals surface area contributed by atoms with Gasteiger partial charge in [-0.1, -0.05) is 12.1 Å². The summed E-state index contributed by atoms with van der Waals surface area (Å²) in [5.41, 5.74) is 2.87. The Bertz CT molecular complexity index is 864. The first kappa shape index (κ1) is 22.2. The number of ether oxygens (including phenoxy) is 1. The zero-order valence-corrected chi connectivity index (χ0v) is 19.2. The summed E-state index contributed by atoms with van der Waals surface area (Å²) >= 11 is 1.70. The molecule has 1 saturated heterocycles. The minimum Gasteiger partial charge on any atom is -0.372 e. The maximum atomic E-state index is 12.8. The van der Waals surface area contributed by atoms with Crippen LogP contribution in [0.5, 0.6) is 0 Å². The normalized spacial score (nSPS) is 19.6. The van der Waals surface area contributed by atoms with Crippen molar-refractivity contribution in [3.8, 4) is 0 Å². The molecule has 8 heteroatoms. The summed E-state index contributed by atoms with van der Waals surface area (Å²) in [6.07, 6.45) is 0.135. The number of hydrogen-bond acceptors (Lipinski definition) is 5. The number of rotatable bonds is 5. The number of aromatic nitrogens is 1. The van der Waals surface area contributed by atoms with Crippen molar-refractivity contribution in [2.45, 2.75) is 53.0 Å². The van der Waals surface area contributed by atoms with Gasteiger partial charge in [0.25, 0.3) is 5.91 Å². The minimum absolute atomic E-state index is 0.0584. The van der Waals surface area contributed by atoms with Gasteiger partial charge in [-0.05, 0) is 45.4 Å². The zero-order valence-electron chi connectivity index (χ0n) is 18.4. The molecule has 30 heavy (non-hydrogen) atoms. The van der Waals surface area contributed by atoms with Crippen LogP contribution in [0.15, 0.2) is 29.3 Å². The van der Waals surface area contributed by atoms with E-state index in [1.54, 1.807) is 18.4 Å². The van der Waals surface area contributed by atoms with Crippen LogP contribution in [-0.4, -0.2) is 54.1 Å². The monoisotopic (exact) mass is 429 g/mol. The number of guanidine groups is 1. The summed E-state index contributed by atoms with van der Waals surface area (Å²) in [6, 6.07) is 7.74. The molecule has 1 aromatic carbocycles. The molecule has 2 heterocycles. The molecule has 2 unspecified atom stereocenters. The minimum atomic E-state index is 0.0584. The lowest BCUT2D eigenvalue weighted by atomic mass is 10.1. The largest absolute Gasteiger partial charge is 0.372 e. The molecule has 2 N–H and O–H groups in total. The van der Waals surface area contributed by atoms with E-state index in [1.165, 1.54) is 4.88 Å². The van der Waals surface area contributed by atoms with Gasteiger partial charge < -0.3 is 20.3 Å². The van der Waals surface area contributed by atoms with Crippen LogP contribution in [0.4, 0.5) is 0 Å². The molecule has 3 rings (SSSR count). The van der Waals surface area contributed by atoms with E-state index < -0.39 is 0 Å². The molecule has 1 aliphatic heterocycles. The third kappa shape index (κ3) is 5.79. The van der Waals surface area contributed by atoms with E-state index in [9.17, 15) is 4.79 Å². The van der Waals surface area contributed by atoms with E-state index in [1.807, 2.05) is 49.9 Å². The Balaban J connectivity index is 1.51. The van der Waals surface area contributed by atoms with Crippen molar-refractivity contribution >= 4 is 23.2 Å². The number of thiazole rings is 1. The molecule has 1 fully saturated rings. The summed E-state index contributed by atoms with van der Waals surface area (Å²) in [5, 5.41) is 7.64. The first-order chi connectivity index (χ1) is 14.4. The fraction of sp³-hybridized carbons (Fsp3) is 0.500. The Labute approximate surface area is 182 Å². The van der Waals surface area contributed by atoms with Crippen LogP contribution in [-0.2, 0) is 17.8 Å². The lowest BCUT2D eigenvalue weighted by Crippen LogP contribution is -2.48. The second-order valence-electron chi connectivity index (χ2n) is 7.69. The molecule has 0 aliphatic carbocycles. The number of carbonyl (C=O) groups is 1. The first-order valence-corrected chi connectivity index (χ1v) is 11.1. The van der Waals surface area contributed by atoms with Crippen LogP contribution in [0.25, 0.3) is 0 Å². The summed E-state index contributed by atoms with van der Waals surface area (Å²) in [7, 11) is 1.75. The van der Waals surface area contributed by atoms with E-state index in [-0.39, 0.29) is 18.1 Å². The number of morpholine rings is 1. The van der Waals surface area contributed by atoms with Gasteiger partial charge in [0.05, 0.1) is 24.4 Å². The smallest absolute Gasteiger partial charge is 0.254 e. The van der Waals surface area contributed by atoms with Crippen molar-refractivity contribution in [3.63, 3.8) is 0 Å². The summed E-state index contributed by atoms with van der Waals surface area (Å²) < 4.78 is 5.72. The maximum absolute atomic E-state index is 12.8. The highest BCUT2D eigenvalue weighted by Crippen LogP contribution is 2.16. The van der Waals surface area contributed by atoms with Crippen molar-refractivity contribution in [1.82, 2.24) is 20.5 Å². The van der Waals surface area contributed by atoms with Crippen LogP contribution in [0, 0.1) is 13.8 Å². The van der Waals surface area contributed by atoms with Gasteiger partial charge in [0, 0.05) is 37.1 Å². The Morgan fingerprint density at radius 1 is 1.17 bits per heavy atom. The average Bonchev–Trinajstić information content (AvgIpc) is 3.04. The number of nitrogens with zero attached hydrogens (tertiary/aromatic N) is 3. The summed E-state index contributed by atoms with van der Waals surface area (Å²) in [5.74, 6) is 0.778. The predicted octanol–water partition coefficient (Wildman–Crippen LogP) is 2.87. The van der Waals surface area contributed by atoms with Crippen LogP contribution in [0.1, 0.15) is 45.3 Å². The molecular weight excluding hydrogens is 398 g/mol. The molecule has 7 nitrogen and oxygen atoms in total. The SMILES string of the molecule is CN=C(NCc1ccc(C(=O)N2CC(C)OC(C)C2)cc1)NCc1nc(C)c(C)s1. The third-order valence-electron chi connectivity index (χ3n) is 5.07. The molecule has 2 aromatic rings. The van der Waals surface area contributed by atoms with Gasteiger partial charge in [0.1, 0.15) is 5.01 Å². The van der Waals surface area contributed by atoms with Crippen LogP contribution >= 0.6 is 11.3 Å². The topological polar surface area (TPSA) is 78.9 Å². The number of hydrogen-bond donors (Lipinski definition) is 2. The van der Waals surface area contributed by atoms with Crippen molar-refractivity contribution in [1.29, 1.82) is 0 Å². The molecule has 2 atom stereocenters. The van der Waals surface area contributed by atoms with Crippen molar-refractivity contribution in [2.24, 2.45) is 4.99 Å². The fourth-order valence-corrected chi connectivity index (χ4v) is 4.35. The number of aryl methyl sites for hydroxylation is 2. The number of nitrogens with one attached hydrogen (secondary N) is 2. The van der Waals surface area contributed by atoms with Gasteiger partial charge in [0.2, 0.25) is 0 Å². The average molecular weight is 430 g/mol. The molecular formula is C22H31N5O2S. The Hall–Kier alpha value is -2.45. The molecule has 1 aliphatic rings. The van der Waals surface area contributed by atoms with E-state index in [0.717, 1.165) is 22.2 Å². The number of aliphatic imine (C=N–C) groups is 1. The standard InChI is InChI=1S/C22H31N5O2S/c1-14-12-27(13-15(2)29-14)21(28)19-8-6-18(7-9-19)10-24-22(23-5)25-11-20-26-16(3)17(4)30-20/h6-9,14-15H,10-13H2,1-5H3,(H2,23,24,25). The molecule has 0 bridgehead atoms. The zero-order chi connectivity index (χ0) is 21.7. The van der Waals surface area contributed by atoms with Gasteiger partial charge in [-0.25, -0.2) is 4.98 Å². The van der Waals surface area contributed by atoms with Gasteiger partial charge >= 0.3 is 0 Å². The third-order valence-corrected chi connectivity index (χ3v) is 6.14. The summed E-state index contributed by atoms with van der Waals surface area (Å²) in [4.78, 5) is 24.7. The van der Waals surface area contributed by atoms with E-state index >= 15 is 0 Å². The van der Waals surface area contributed by atoms with E-state index in [0.29, 0.717) is 31.7 Å². The Kier molecular flexibility index (Phi) is 7.44. The lowest BCUT2D eigenvalue weighted by molar-refractivity contribution is -0.0586. The van der Waals surface area contributed by atoms with Crippen LogP contribution < -0.4 is 10.6 Å². The van der Waals surface area contributed by atoms with Gasteiger partial charge in [-0.3, -0.25) is 9.79 Å². The van der Waals surface area contributed by atoms with Gasteiger partial charge in [-0.2, -0.15) is 0 Å². The predicted molar refractivity (Wildman–Crippen MR) is 121 cm³/mol. The molecule has 1 amide bonds. The number of benzene rings is 1. The van der Waals surface area contributed by atoms with Crippen molar-refractivity contribution < 1.29 is 9.53 Å². The maximum Gasteiger partial charge on any atom is 0.254 e. The highest BCUT2D eigenvalue weighted by Gasteiger charge is 2.26. The molecule has 1 aromatic heterocycles. The van der Waals surface area contributed by atoms with Gasteiger partial charge in [0.15, 0.2) is 5.96 Å². The highest BCUT2D eigenvalue weighted by molar-refractivity contribution is 7.11. The Morgan fingerprint density at radius 2 is 1.80 bits per heavy atom. The molecule has 0 radical (unpaired) electrons. The number of amides is 1. The van der Waals surface area contributed by atoms with Crippen LogP contribution in [0.3, 0.4) is 0 Å². The molecule has 0 saturated carbocycles. The first-order valence-electron chi connectivity index (χ1n) is 10.3. The molecule has 162 valence electrons. The lowest BCUT2D eigenvalue weighted by Gasteiger charge is -2.35. The van der Waals surface area contributed by atoms with Gasteiger partial charge in [-0.15, -0.1) is 11.3 Å². The van der Waals surface area contributed by atoms with Crippen molar-refractivity contribution in [2.75, 3.05) is 20.1 Å². The summed E-state index contributed by atoms with van der Waals surface area (Å²) in [6.45, 7) is 10.6. The van der Waals surface area contributed by atoms with Crippen LogP contribution in [0.2, 0.25) is 0 Å². The van der Waals surface area contributed by atoms with E-state index in [2.05, 4.69) is 27.5 Å². The number of carbonyl (C=O) groups excluding carboxylic acids is 1. The second-order valence-corrected chi connectivity index (χ2v) is 8.98. The second kappa shape index (κ2) is 10.0. The quantitative estimate of drug-likeness (QED) is 0.564. The molecule has 0 spiro atoms. The fourth-order valence-electron chi connectivity index (χ4n) is 3.47.